The van der Waals surface area contributed by atoms with Gasteiger partial charge in [0.1, 0.15) is 0 Å². The Morgan fingerprint density at radius 1 is 1.20 bits per heavy atom. The van der Waals surface area contributed by atoms with Crippen LogP contribution in [0.4, 0.5) is 5.69 Å². The maximum absolute atomic E-state index is 12.9. The summed E-state index contributed by atoms with van der Waals surface area (Å²) in [6.07, 6.45) is 0.803. The smallest absolute Gasteiger partial charge is 0.262 e. The number of fused-ring (bicyclic) bond motifs is 3. The molecular formula is C21H20BrN5O2S. The topological polar surface area (TPSA) is 81.3 Å². The van der Waals surface area contributed by atoms with Crippen LogP contribution >= 0.6 is 27.7 Å². The summed E-state index contributed by atoms with van der Waals surface area (Å²) >= 11 is 4.76. The lowest BCUT2D eigenvalue weighted by Gasteiger charge is -2.10. The molecular weight excluding hydrogens is 466 g/mol. The van der Waals surface area contributed by atoms with E-state index in [4.69, 9.17) is 0 Å². The molecule has 0 spiro atoms. The Morgan fingerprint density at radius 3 is 2.77 bits per heavy atom. The van der Waals surface area contributed by atoms with Crippen molar-refractivity contribution in [3.8, 4) is 0 Å². The van der Waals surface area contributed by atoms with Gasteiger partial charge in [0.2, 0.25) is 11.7 Å². The minimum Gasteiger partial charge on any atom is -0.324 e. The molecule has 30 heavy (non-hydrogen) atoms. The Bertz CT molecular complexity index is 1310. The molecule has 9 heteroatoms. The van der Waals surface area contributed by atoms with Crippen molar-refractivity contribution in [3.05, 3.63) is 62.9 Å². The molecule has 0 saturated heterocycles. The van der Waals surface area contributed by atoms with E-state index in [0.29, 0.717) is 22.9 Å². The fourth-order valence-electron chi connectivity index (χ4n) is 3.29. The van der Waals surface area contributed by atoms with Crippen LogP contribution in [0.1, 0.15) is 18.9 Å². The third kappa shape index (κ3) is 3.87. The maximum atomic E-state index is 12.9. The highest BCUT2D eigenvalue weighted by molar-refractivity contribution is 9.10. The number of aryl methyl sites for hydroxylation is 2. The molecule has 0 aliphatic rings. The van der Waals surface area contributed by atoms with Crippen LogP contribution in [-0.2, 0) is 11.3 Å². The molecule has 1 amide bonds. The van der Waals surface area contributed by atoms with Crippen LogP contribution in [-0.4, -0.2) is 30.8 Å². The summed E-state index contributed by atoms with van der Waals surface area (Å²) in [6, 6.07) is 13.2. The first kappa shape index (κ1) is 20.6. The molecule has 2 aromatic carbocycles. The number of amides is 1. The molecule has 2 aromatic heterocycles. The number of rotatable bonds is 6. The molecule has 0 radical (unpaired) electrons. The van der Waals surface area contributed by atoms with E-state index in [-0.39, 0.29) is 17.2 Å². The van der Waals surface area contributed by atoms with Gasteiger partial charge in [-0.25, -0.2) is 0 Å². The zero-order chi connectivity index (χ0) is 21.3. The van der Waals surface area contributed by atoms with Crippen LogP contribution in [0.3, 0.4) is 0 Å². The van der Waals surface area contributed by atoms with E-state index in [0.717, 1.165) is 27.7 Å². The highest BCUT2D eigenvalue weighted by atomic mass is 79.9. The van der Waals surface area contributed by atoms with Crippen molar-refractivity contribution in [1.82, 2.24) is 19.2 Å². The van der Waals surface area contributed by atoms with Gasteiger partial charge >= 0.3 is 0 Å². The second kappa shape index (κ2) is 8.61. The lowest BCUT2D eigenvalue weighted by atomic mass is 10.2. The Morgan fingerprint density at radius 2 is 2.00 bits per heavy atom. The van der Waals surface area contributed by atoms with Crippen LogP contribution < -0.4 is 10.9 Å². The third-order valence-electron chi connectivity index (χ3n) is 4.66. The molecule has 0 bridgehead atoms. The molecule has 0 fully saturated rings. The largest absolute Gasteiger partial charge is 0.324 e. The number of aromatic nitrogens is 4. The van der Waals surface area contributed by atoms with Crippen LogP contribution in [0.2, 0.25) is 0 Å². The Labute approximate surface area is 185 Å². The van der Waals surface area contributed by atoms with Crippen LogP contribution in [0.5, 0.6) is 0 Å². The lowest BCUT2D eigenvalue weighted by Crippen LogP contribution is -2.23. The van der Waals surface area contributed by atoms with Gasteiger partial charge in [-0.3, -0.25) is 18.6 Å². The van der Waals surface area contributed by atoms with Gasteiger partial charge in [-0.2, -0.15) is 0 Å². The van der Waals surface area contributed by atoms with Gasteiger partial charge in [-0.05, 0) is 59.1 Å². The van der Waals surface area contributed by atoms with Crippen molar-refractivity contribution in [2.75, 3.05) is 11.1 Å². The third-order valence-corrected chi connectivity index (χ3v) is 6.24. The lowest BCUT2D eigenvalue weighted by molar-refractivity contribution is -0.113. The molecule has 4 aromatic rings. The fourth-order valence-corrected chi connectivity index (χ4v) is 4.62. The molecule has 4 rings (SSSR count). The number of hydrogen-bond donors (Lipinski definition) is 1. The van der Waals surface area contributed by atoms with Crippen molar-refractivity contribution in [2.24, 2.45) is 0 Å². The number of thioether (sulfide) groups is 1. The summed E-state index contributed by atoms with van der Waals surface area (Å²) in [5, 5.41) is 12.6. The Hall–Kier alpha value is -2.65. The molecule has 0 saturated carbocycles. The van der Waals surface area contributed by atoms with Crippen LogP contribution in [0.15, 0.2) is 56.9 Å². The molecule has 0 aliphatic carbocycles. The number of carbonyl (C=O) groups excluding carboxylic acids is 1. The number of benzene rings is 2. The maximum Gasteiger partial charge on any atom is 0.262 e. The number of nitrogens with one attached hydrogen (secondary N) is 1. The number of carbonyl (C=O) groups is 1. The van der Waals surface area contributed by atoms with Gasteiger partial charge in [0.15, 0.2) is 5.16 Å². The summed E-state index contributed by atoms with van der Waals surface area (Å²) in [4.78, 5) is 25.4. The monoisotopic (exact) mass is 485 g/mol. The summed E-state index contributed by atoms with van der Waals surface area (Å²) in [5.41, 5.74) is 2.48. The van der Waals surface area contributed by atoms with E-state index in [1.54, 1.807) is 10.6 Å². The number of halogens is 1. The number of anilines is 1. The minimum absolute atomic E-state index is 0.0779. The van der Waals surface area contributed by atoms with Gasteiger partial charge < -0.3 is 5.32 Å². The quantitative estimate of drug-likeness (QED) is 0.412. The van der Waals surface area contributed by atoms with Crippen molar-refractivity contribution in [1.29, 1.82) is 0 Å². The zero-order valence-corrected chi connectivity index (χ0v) is 19.0. The highest BCUT2D eigenvalue weighted by Crippen LogP contribution is 2.25. The van der Waals surface area contributed by atoms with Crippen molar-refractivity contribution in [2.45, 2.75) is 32.0 Å². The highest BCUT2D eigenvalue weighted by Gasteiger charge is 2.17. The normalized spacial score (nSPS) is 11.3. The number of nitrogens with zero attached hydrogens (tertiary/aromatic N) is 4. The minimum atomic E-state index is -0.146. The van der Waals surface area contributed by atoms with Gasteiger partial charge in [0, 0.05) is 11.0 Å². The van der Waals surface area contributed by atoms with Gasteiger partial charge in [0.05, 0.1) is 22.3 Å². The van der Waals surface area contributed by atoms with Gasteiger partial charge in [-0.1, -0.05) is 36.9 Å². The summed E-state index contributed by atoms with van der Waals surface area (Å²) in [5.74, 6) is 0.514. The zero-order valence-electron chi connectivity index (χ0n) is 16.6. The first-order chi connectivity index (χ1) is 14.5. The summed E-state index contributed by atoms with van der Waals surface area (Å²) in [7, 11) is 0. The molecule has 0 atom stereocenters. The average Bonchev–Trinajstić information content (AvgIpc) is 3.16. The molecule has 154 valence electrons. The van der Waals surface area contributed by atoms with Crippen molar-refractivity contribution >= 4 is 56.0 Å². The predicted octanol–water partition coefficient (Wildman–Crippen LogP) is 4.26. The standard InChI is InChI=1S/C21H20BrN5O2S/c1-3-10-26-19(29)14-6-4-5-7-17(14)27-20(26)24-25-21(27)30-12-18(28)23-16-9-8-13(2)11-15(16)22/h4-9,11H,3,10,12H2,1-2H3,(H,23,28). The van der Waals surface area contributed by atoms with E-state index >= 15 is 0 Å². The van der Waals surface area contributed by atoms with E-state index in [2.05, 4.69) is 31.4 Å². The second-order valence-electron chi connectivity index (χ2n) is 6.91. The first-order valence-corrected chi connectivity index (χ1v) is 11.3. The molecule has 0 aliphatic heterocycles. The van der Waals surface area contributed by atoms with E-state index in [1.165, 1.54) is 11.8 Å². The van der Waals surface area contributed by atoms with Gasteiger partial charge in [-0.15, -0.1) is 10.2 Å². The summed E-state index contributed by atoms with van der Waals surface area (Å²) in [6.45, 7) is 4.56. The second-order valence-corrected chi connectivity index (χ2v) is 8.71. The fraction of sp³-hybridized carbons (Fsp3) is 0.238. The van der Waals surface area contributed by atoms with E-state index in [1.807, 2.05) is 54.6 Å². The molecule has 7 nitrogen and oxygen atoms in total. The van der Waals surface area contributed by atoms with E-state index < -0.39 is 0 Å². The number of para-hydroxylation sites is 1. The van der Waals surface area contributed by atoms with Crippen LogP contribution in [0.25, 0.3) is 16.7 Å². The Balaban J connectivity index is 1.65. The number of hydrogen-bond acceptors (Lipinski definition) is 5. The average molecular weight is 486 g/mol. The molecule has 0 unspecified atom stereocenters. The van der Waals surface area contributed by atoms with Crippen molar-refractivity contribution < 1.29 is 4.79 Å². The Kier molecular flexibility index (Phi) is 5.92. The SMILES string of the molecule is CCCn1c(=O)c2ccccc2n2c(SCC(=O)Nc3ccc(C)cc3Br)nnc12. The van der Waals surface area contributed by atoms with Crippen molar-refractivity contribution in [3.63, 3.8) is 0 Å². The summed E-state index contributed by atoms with van der Waals surface area (Å²) < 4.78 is 4.33. The molecule has 1 N–H and O–H groups in total. The van der Waals surface area contributed by atoms with Crippen LogP contribution in [0, 0.1) is 6.92 Å². The molecule has 2 heterocycles. The first-order valence-electron chi connectivity index (χ1n) is 9.55. The van der Waals surface area contributed by atoms with E-state index in [9.17, 15) is 9.59 Å². The van der Waals surface area contributed by atoms with Gasteiger partial charge in [0.25, 0.3) is 5.56 Å². The predicted molar refractivity (Wildman–Crippen MR) is 123 cm³/mol.